The molecular weight excluding hydrogens is 144 g/mol. The Morgan fingerprint density at radius 3 is 2.36 bits per heavy atom. The molecule has 0 saturated heterocycles. The first-order valence-electron chi connectivity index (χ1n) is 3.75. The third-order valence-corrected chi connectivity index (χ3v) is 1.80. The van der Waals surface area contributed by atoms with Gasteiger partial charge in [0.05, 0.1) is 12.7 Å². The lowest BCUT2D eigenvalue weighted by atomic mass is 9.94. The van der Waals surface area contributed by atoms with Gasteiger partial charge in [0.15, 0.2) is 0 Å². The molecule has 66 valence electrons. The van der Waals surface area contributed by atoms with Crippen molar-refractivity contribution in [1.82, 2.24) is 0 Å². The molecule has 0 amide bonds. The van der Waals surface area contributed by atoms with Crippen LogP contribution in [0.15, 0.2) is 12.2 Å². The number of aliphatic hydroxyl groups excluding tert-OH is 2. The van der Waals surface area contributed by atoms with Crippen molar-refractivity contribution in [3.63, 3.8) is 0 Å². The molecule has 3 nitrogen and oxygen atoms in total. The van der Waals surface area contributed by atoms with Gasteiger partial charge in [0.2, 0.25) is 0 Å². The molecule has 0 aromatic heterocycles. The zero-order valence-corrected chi connectivity index (χ0v) is 6.99. The minimum atomic E-state index is -1.19. The van der Waals surface area contributed by atoms with Gasteiger partial charge in [-0.25, -0.2) is 0 Å². The van der Waals surface area contributed by atoms with Crippen LogP contribution in [0.2, 0.25) is 0 Å². The summed E-state index contributed by atoms with van der Waals surface area (Å²) in [6.07, 6.45) is 2.48. The zero-order chi connectivity index (χ0) is 8.91. The molecule has 0 spiro atoms. The van der Waals surface area contributed by atoms with Gasteiger partial charge in [-0.3, -0.25) is 0 Å². The van der Waals surface area contributed by atoms with Crippen molar-refractivity contribution < 1.29 is 15.3 Å². The van der Waals surface area contributed by atoms with Crippen LogP contribution in [-0.4, -0.2) is 33.6 Å². The summed E-state index contributed by atoms with van der Waals surface area (Å²) in [6.45, 7) is 3.18. The van der Waals surface area contributed by atoms with E-state index in [-0.39, 0.29) is 6.61 Å². The summed E-state index contributed by atoms with van der Waals surface area (Å²) in [5.41, 5.74) is -1.19. The lowest BCUT2D eigenvalue weighted by molar-refractivity contribution is -0.0317. The van der Waals surface area contributed by atoms with Crippen molar-refractivity contribution in [3.05, 3.63) is 12.2 Å². The van der Waals surface area contributed by atoms with E-state index in [1.54, 1.807) is 6.92 Å². The van der Waals surface area contributed by atoms with Crippen molar-refractivity contribution in [2.75, 3.05) is 6.61 Å². The highest BCUT2D eigenvalue weighted by Gasteiger charge is 2.26. The van der Waals surface area contributed by atoms with Gasteiger partial charge in [-0.2, -0.15) is 0 Å². The molecule has 3 heteroatoms. The summed E-state index contributed by atoms with van der Waals surface area (Å²) < 4.78 is 0. The second-order valence-corrected chi connectivity index (χ2v) is 2.61. The maximum Gasteiger partial charge on any atom is 0.108 e. The topological polar surface area (TPSA) is 60.7 Å². The molecule has 2 atom stereocenters. The monoisotopic (exact) mass is 160 g/mol. The summed E-state index contributed by atoms with van der Waals surface area (Å²) in [6, 6.07) is 0. The van der Waals surface area contributed by atoms with Gasteiger partial charge < -0.3 is 15.3 Å². The molecule has 11 heavy (non-hydrogen) atoms. The van der Waals surface area contributed by atoms with Crippen LogP contribution in [0, 0.1) is 0 Å². The van der Waals surface area contributed by atoms with Crippen molar-refractivity contribution in [2.45, 2.75) is 32.0 Å². The van der Waals surface area contributed by atoms with E-state index in [2.05, 4.69) is 0 Å². The van der Waals surface area contributed by atoms with Crippen LogP contribution in [-0.2, 0) is 0 Å². The van der Waals surface area contributed by atoms with Crippen LogP contribution < -0.4 is 0 Å². The minimum absolute atomic E-state index is 0.116. The minimum Gasteiger partial charge on any atom is -0.392 e. The van der Waals surface area contributed by atoms with Gasteiger partial charge >= 0.3 is 0 Å². The van der Waals surface area contributed by atoms with Crippen LogP contribution in [0.4, 0.5) is 0 Å². The third kappa shape index (κ3) is 3.01. The van der Waals surface area contributed by atoms with Gasteiger partial charge in [-0.15, -0.1) is 0 Å². The van der Waals surface area contributed by atoms with E-state index >= 15 is 0 Å². The molecule has 0 bridgehead atoms. The molecule has 2 unspecified atom stereocenters. The molecule has 0 heterocycles. The SMILES string of the molecule is CCC(O)(C=CCO)C(C)O. The quantitative estimate of drug-likeness (QED) is 0.509. The first-order chi connectivity index (χ1) is 5.06. The molecule has 0 saturated carbocycles. The Morgan fingerprint density at radius 1 is 1.55 bits per heavy atom. The molecule has 0 aromatic rings. The first-order valence-corrected chi connectivity index (χ1v) is 3.75. The molecule has 0 aliphatic heterocycles. The maximum atomic E-state index is 9.58. The van der Waals surface area contributed by atoms with E-state index in [1.807, 2.05) is 0 Å². The molecule has 0 rings (SSSR count). The molecule has 0 aliphatic rings. The van der Waals surface area contributed by atoms with Crippen LogP contribution in [0.5, 0.6) is 0 Å². The average molecular weight is 160 g/mol. The fourth-order valence-corrected chi connectivity index (χ4v) is 0.809. The Bertz CT molecular complexity index is 131. The molecule has 0 radical (unpaired) electrons. The summed E-state index contributed by atoms with van der Waals surface area (Å²) in [7, 11) is 0. The van der Waals surface area contributed by atoms with Crippen molar-refractivity contribution in [2.24, 2.45) is 0 Å². The highest BCUT2D eigenvalue weighted by molar-refractivity contribution is 5.03. The van der Waals surface area contributed by atoms with Gasteiger partial charge in [-0.05, 0) is 13.3 Å². The zero-order valence-electron chi connectivity index (χ0n) is 6.99. The van der Waals surface area contributed by atoms with E-state index in [1.165, 1.54) is 19.1 Å². The first kappa shape index (κ1) is 10.6. The second kappa shape index (κ2) is 4.49. The summed E-state index contributed by atoms with van der Waals surface area (Å²) in [5, 5.41) is 27.1. The molecular formula is C8H16O3. The highest BCUT2D eigenvalue weighted by Crippen LogP contribution is 2.16. The number of rotatable bonds is 4. The van der Waals surface area contributed by atoms with E-state index < -0.39 is 11.7 Å². The van der Waals surface area contributed by atoms with Gasteiger partial charge in [0.1, 0.15) is 5.60 Å². The third-order valence-electron chi connectivity index (χ3n) is 1.80. The normalized spacial score (nSPS) is 20.1. The van der Waals surface area contributed by atoms with Crippen molar-refractivity contribution in [1.29, 1.82) is 0 Å². The largest absolute Gasteiger partial charge is 0.392 e. The Kier molecular flexibility index (Phi) is 4.33. The maximum absolute atomic E-state index is 9.58. The van der Waals surface area contributed by atoms with Gasteiger partial charge in [0, 0.05) is 0 Å². The van der Waals surface area contributed by atoms with Gasteiger partial charge in [0.25, 0.3) is 0 Å². The number of hydrogen-bond acceptors (Lipinski definition) is 3. The lowest BCUT2D eigenvalue weighted by Gasteiger charge is -2.25. The Balaban J connectivity index is 4.21. The van der Waals surface area contributed by atoms with E-state index in [0.717, 1.165) is 0 Å². The van der Waals surface area contributed by atoms with E-state index in [4.69, 9.17) is 10.2 Å². The predicted octanol–water partition coefficient (Wildman–Crippen LogP) is 0.0568. The van der Waals surface area contributed by atoms with Crippen molar-refractivity contribution in [3.8, 4) is 0 Å². The smallest absolute Gasteiger partial charge is 0.108 e. The van der Waals surface area contributed by atoms with Crippen LogP contribution >= 0.6 is 0 Å². The van der Waals surface area contributed by atoms with E-state index in [9.17, 15) is 5.11 Å². The lowest BCUT2D eigenvalue weighted by Crippen LogP contribution is -2.37. The molecule has 0 aliphatic carbocycles. The van der Waals surface area contributed by atoms with Crippen LogP contribution in [0.25, 0.3) is 0 Å². The number of hydrogen-bond donors (Lipinski definition) is 3. The molecule has 0 fully saturated rings. The standard InChI is InChI=1S/C8H16O3/c1-3-8(11,7(2)10)5-4-6-9/h4-5,7,9-11H,3,6H2,1-2H3. The Labute approximate surface area is 67.0 Å². The van der Waals surface area contributed by atoms with Crippen LogP contribution in [0.1, 0.15) is 20.3 Å². The van der Waals surface area contributed by atoms with Crippen LogP contribution in [0.3, 0.4) is 0 Å². The Hall–Kier alpha value is -0.380. The summed E-state index contributed by atoms with van der Waals surface area (Å²) in [5.74, 6) is 0. The summed E-state index contributed by atoms with van der Waals surface area (Å²) >= 11 is 0. The molecule has 0 aromatic carbocycles. The number of aliphatic hydroxyl groups is 3. The molecule has 3 N–H and O–H groups in total. The summed E-state index contributed by atoms with van der Waals surface area (Å²) in [4.78, 5) is 0. The van der Waals surface area contributed by atoms with Crippen molar-refractivity contribution >= 4 is 0 Å². The average Bonchev–Trinajstić information content (AvgIpc) is 2.00. The predicted molar refractivity (Wildman–Crippen MR) is 43.1 cm³/mol. The highest BCUT2D eigenvalue weighted by atomic mass is 16.3. The fraction of sp³-hybridized carbons (Fsp3) is 0.750. The van der Waals surface area contributed by atoms with E-state index in [0.29, 0.717) is 6.42 Å². The second-order valence-electron chi connectivity index (χ2n) is 2.61. The Morgan fingerprint density at radius 2 is 2.09 bits per heavy atom. The fourth-order valence-electron chi connectivity index (χ4n) is 0.809. The van der Waals surface area contributed by atoms with Gasteiger partial charge in [-0.1, -0.05) is 19.1 Å².